The third kappa shape index (κ3) is 3.01. The quantitative estimate of drug-likeness (QED) is 0.330. The summed E-state index contributed by atoms with van der Waals surface area (Å²) >= 11 is 0. The van der Waals surface area contributed by atoms with Crippen molar-refractivity contribution in [3.63, 3.8) is 0 Å². The summed E-state index contributed by atoms with van der Waals surface area (Å²) in [5.74, 6) is 0.185. The standard InChI is InChI=1S/C11H20N4O2/c12-10(13-17)5-8-15(9-3-4-9)11(16)14-6-1-2-7-14/h9,17H,1-8H2,(H2,12,13). The second-order valence-electron chi connectivity index (χ2n) is 4.74. The minimum absolute atomic E-state index is 0.121. The molecule has 0 spiro atoms. The third-order valence-corrected chi connectivity index (χ3v) is 3.35. The molecule has 0 atom stereocenters. The summed E-state index contributed by atoms with van der Waals surface area (Å²) in [5, 5.41) is 11.4. The van der Waals surface area contributed by atoms with Crippen molar-refractivity contribution in [1.82, 2.24) is 9.80 Å². The topological polar surface area (TPSA) is 82.2 Å². The summed E-state index contributed by atoms with van der Waals surface area (Å²) < 4.78 is 0. The molecule has 2 amide bonds. The van der Waals surface area contributed by atoms with Gasteiger partial charge in [-0.2, -0.15) is 0 Å². The Bertz CT molecular complexity index is 309. The minimum Gasteiger partial charge on any atom is -0.409 e. The molecule has 2 aliphatic rings. The van der Waals surface area contributed by atoms with Crippen LogP contribution in [-0.2, 0) is 0 Å². The smallest absolute Gasteiger partial charge is 0.320 e. The Kier molecular flexibility index (Phi) is 3.71. The predicted octanol–water partition coefficient (Wildman–Crippen LogP) is 0.803. The molecule has 0 unspecified atom stereocenters. The molecule has 2 rings (SSSR count). The Hall–Kier alpha value is -1.46. The molecule has 96 valence electrons. The van der Waals surface area contributed by atoms with Crippen LogP contribution in [0.5, 0.6) is 0 Å². The van der Waals surface area contributed by atoms with Gasteiger partial charge in [-0.05, 0) is 25.7 Å². The fourth-order valence-electron chi connectivity index (χ4n) is 2.20. The first-order valence-electron chi connectivity index (χ1n) is 6.24. The average molecular weight is 240 g/mol. The Morgan fingerprint density at radius 1 is 1.41 bits per heavy atom. The van der Waals surface area contributed by atoms with Crippen LogP contribution in [0.4, 0.5) is 4.79 Å². The summed E-state index contributed by atoms with van der Waals surface area (Å²) in [7, 11) is 0. The van der Waals surface area contributed by atoms with Gasteiger partial charge in [-0.1, -0.05) is 5.16 Å². The third-order valence-electron chi connectivity index (χ3n) is 3.35. The summed E-state index contributed by atoms with van der Waals surface area (Å²) in [4.78, 5) is 16.0. The van der Waals surface area contributed by atoms with Gasteiger partial charge in [0.1, 0.15) is 5.84 Å². The van der Waals surface area contributed by atoms with Gasteiger partial charge in [0.2, 0.25) is 0 Å². The van der Waals surface area contributed by atoms with Crippen molar-refractivity contribution in [3.05, 3.63) is 0 Å². The molecule has 1 saturated heterocycles. The first-order chi connectivity index (χ1) is 8.22. The van der Waals surface area contributed by atoms with Crippen molar-refractivity contribution < 1.29 is 10.0 Å². The summed E-state index contributed by atoms with van der Waals surface area (Å²) in [6.07, 6.45) is 4.80. The molecule has 0 bridgehead atoms. The van der Waals surface area contributed by atoms with Crippen LogP contribution in [0.15, 0.2) is 5.16 Å². The van der Waals surface area contributed by atoms with Crippen LogP contribution in [-0.4, -0.2) is 52.5 Å². The Labute approximate surface area is 101 Å². The Morgan fingerprint density at radius 3 is 2.59 bits per heavy atom. The number of hydrogen-bond donors (Lipinski definition) is 2. The molecule has 2 fully saturated rings. The van der Waals surface area contributed by atoms with Crippen molar-refractivity contribution in [2.45, 2.75) is 38.1 Å². The molecule has 6 heteroatoms. The van der Waals surface area contributed by atoms with Crippen molar-refractivity contribution >= 4 is 11.9 Å². The number of nitrogens with zero attached hydrogens (tertiary/aromatic N) is 3. The van der Waals surface area contributed by atoms with Crippen LogP contribution in [0.3, 0.4) is 0 Å². The fourth-order valence-corrected chi connectivity index (χ4v) is 2.20. The second kappa shape index (κ2) is 5.25. The second-order valence-corrected chi connectivity index (χ2v) is 4.74. The van der Waals surface area contributed by atoms with E-state index in [1.807, 2.05) is 9.80 Å². The molecule has 0 aromatic heterocycles. The molecular weight excluding hydrogens is 220 g/mol. The van der Waals surface area contributed by atoms with E-state index in [1.54, 1.807) is 0 Å². The number of carbonyl (C=O) groups is 1. The monoisotopic (exact) mass is 240 g/mol. The lowest BCUT2D eigenvalue weighted by Crippen LogP contribution is -2.44. The van der Waals surface area contributed by atoms with Gasteiger partial charge in [0, 0.05) is 32.1 Å². The highest BCUT2D eigenvalue weighted by Crippen LogP contribution is 2.28. The Morgan fingerprint density at radius 2 is 2.06 bits per heavy atom. The number of oxime groups is 1. The van der Waals surface area contributed by atoms with Gasteiger partial charge in [-0.15, -0.1) is 0 Å². The van der Waals surface area contributed by atoms with E-state index < -0.39 is 0 Å². The number of nitrogens with two attached hydrogens (primary N) is 1. The number of hydrogen-bond acceptors (Lipinski definition) is 3. The largest absolute Gasteiger partial charge is 0.409 e. The molecule has 6 nitrogen and oxygen atoms in total. The number of likely N-dealkylation sites (tertiary alicyclic amines) is 1. The van der Waals surface area contributed by atoms with Crippen LogP contribution in [0.1, 0.15) is 32.1 Å². The molecule has 17 heavy (non-hydrogen) atoms. The lowest BCUT2D eigenvalue weighted by molar-refractivity contribution is 0.160. The number of rotatable bonds is 4. The van der Waals surface area contributed by atoms with E-state index in [0.29, 0.717) is 19.0 Å². The van der Waals surface area contributed by atoms with E-state index in [-0.39, 0.29) is 11.9 Å². The maximum atomic E-state index is 12.2. The molecule has 1 aliphatic carbocycles. The Balaban J connectivity index is 1.89. The fraction of sp³-hybridized carbons (Fsp3) is 0.818. The first-order valence-corrected chi connectivity index (χ1v) is 6.24. The normalized spacial score (nSPS) is 20.7. The number of amidine groups is 1. The molecule has 1 aliphatic heterocycles. The van der Waals surface area contributed by atoms with Gasteiger partial charge in [-0.3, -0.25) is 0 Å². The number of urea groups is 1. The van der Waals surface area contributed by atoms with Crippen molar-refractivity contribution in [2.75, 3.05) is 19.6 Å². The van der Waals surface area contributed by atoms with Crippen LogP contribution in [0.25, 0.3) is 0 Å². The van der Waals surface area contributed by atoms with Crippen LogP contribution in [0, 0.1) is 0 Å². The van der Waals surface area contributed by atoms with Crippen molar-refractivity contribution in [2.24, 2.45) is 10.9 Å². The summed E-state index contributed by atoms with van der Waals surface area (Å²) in [5.41, 5.74) is 5.44. The molecule has 1 heterocycles. The van der Waals surface area contributed by atoms with E-state index in [1.165, 1.54) is 0 Å². The van der Waals surface area contributed by atoms with Gasteiger partial charge in [-0.25, -0.2) is 4.79 Å². The van der Waals surface area contributed by atoms with E-state index in [0.717, 1.165) is 38.8 Å². The first kappa shape index (κ1) is 12.0. The maximum Gasteiger partial charge on any atom is 0.320 e. The molecule has 3 N–H and O–H groups in total. The summed E-state index contributed by atoms with van der Waals surface area (Å²) in [6.45, 7) is 2.28. The van der Waals surface area contributed by atoms with Crippen LogP contribution in [0.2, 0.25) is 0 Å². The lowest BCUT2D eigenvalue weighted by atomic mass is 10.3. The zero-order valence-electron chi connectivity index (χ0n) is 10.0. The number of carbonyl (C=O) groups excluding carboxylic acids is 1. The zero-order valence-corrected chi connectivity index (χ0v) is 10.0. The minimum atomic E-state index is 0.121. The maximum absolute atomic E-state index is 12.2. The molecule has 0 aromatic rings. The highest BCUT2D eigenvalue weighted by atomic mass is 16.4. The highest BCUT2D eigenvalue weighted by Gasteiger charge is 2.35. The SMILES string of the molecule is NC(CCN(C(=O)N1CCCC1)C1CC1)=NO. The molecular formula is C11H20N4O2. The highest BCUT2D eigenvalue weighted by molar-refractivity contribution is 5.81. The van der Waals surface area contributed by atoms with Gasteiger partial charge < -0.3 is 20.7 Å². The van der Waals surface area contributed by atoms with Crippen LogP contribution >= 0.6 is 0 Å². The average Bonchev–Trinajstić information content (AvgIpc) is 3.02. The molecule has 0 aromatic carbocycles. The van der Waals surface area contributed by atoms with Gasteiger partial charge >= 0.3 is 6.03 Å². The van der Waals surface area contributed by atoms with Crippen molar-refractivity contribution in [3.8, 4) is 0 Å². The lowest BCUT2D eigenvalue weighted by Gasteiger charge is -2.27. The van der Waals surface area contributed by atoms with E-state index in [2.05, 4.69) is 5.16 Å². The summed E-state index contributed by atoms with van der Waals surface area (Å²) in [6, 6.07) is 0.491. The van der Waals surface area contributed by atoms with E-state index in [4.69, 9.17) is 10.9 Å². The van der Waals surface area contributed by atoms with Gasteiger partial charge in [0.05, 0.1) is 0 Å². The number of amides is 2. The van der Waals surface area contributed by atoms with Gasteiger partial charge in [0.15, 0.2) is 0 Å². The van der Waals surface area contributed by atoms with Crippen molar-refractivity contribution in [1.29, 1.82) is 0 Å². The molecule has 1 saturated carbocycles. The van der Waals surface area contributed by atoms with E-state index in [9.17, 15) is 4.79 Å². The van der Waals surface area contributed by atoms with E-state index >= 15 is 0 Å². The predicted molar refractivity (Wildman–Crippen MR) is 64.0 cm³/mol. The zero-order chi connectivity index (χ0) is 12.3. The van der Waals surface area contributed by atoms with Crippen LogP contribution < -0.4 is 5.73 Å². The van der Waals surface area contributed by atoms with Gasteiger partial charge in [0.25, 0.3) is 0 Å². The molecule has 0 radical (unpaired) electrons.